The summed E-state index contributed by atoms with van der Waals surface area (Å²) in [5.41, 5.74) is 5.35. The number of hydrogen-bond acceptors (Lipinski definition) is 5. The molecule has 0 radical (unpaired) electrons. The average molecular weight is 248 g/mol. The van der Waals surface area contributed by atoms with E-state index in [-0.39, 0.29) is 5.82 Å². The predicted octanol–water partition coefficient (Wildman–Crippen LogP) is 1.78. The first-order chi connectivity index (χ1) is 8.78. The van der Waals surface area contributed by atoms with Gasteiger partial charge in [-0.2, -0.15) is 0 Å². The van der Waals surface area contributed by atoms with Crippen LogP contribution in [0, 0.1) is 5.82 Å². The molecule has 0 aliphatic rings. The third-order valence-electron chi connectivity index (χ3n) is 2.10. The zero-order valence-electron chi connectivity index (χ0n) is 9.64. The Morgan fingerprint density at radius 2 is 1.78 bits per heavy atom. The Hall–Kier alpha value is -2.21. The van der Waals surface area contributed by atoms with Crippen molar-refractivity contribution in [2.45, 2.75) is 0 Å². The van der Waals surface area contributed by atoms with E-state index in [0.717, 1.165) is 0 Å². The molecule has 0 amide bonds. The molecule has 0 spiro atoms. The number of ether oxygens (including phenoxy) is 1. The molecule has 18 heavy (non-hydrogen) atoms. The first-order valence-electron chi connectivity index (χ1n) is 5.47. The van der Waals surface area contributed by atoms with E-state index >= 15 is 0 Å². The number of aromatic nitrogens is 2. The van der Waals surface area contributed by atoms with Gasteiger partial charge in [-0.25, -0.2) is 14.4 Å². The van der Waals surface area contributed by atoms with E-state index in [0.29, 0.717) is 30.5 Å². The third kappa shape index (κ3) is 3.39. The number of anilines is 1. The van der Waals surface area contributed by atoms with E-state index in [2.05, 4.69) is 15.3 Å². The number of rotatable bonds is 5. The molecule has 0 unspecified atom stereocenters. The summed E-state index contributed by atoms with van der Waals surface area (Å²) in [5, 5.41) is 2.94. The highest BCUT2D eigenvalue weighted by Crippen LogP contribution is 2.20. The minimum atomic E-state index is -0.306. The van der Waals surface area contributed by atoms with E-state index in [1.54, 1.807) is 0 Å². The Labute approximate surface area is 104 Å². The van der Waals surface area contributed by atoms with E-state index in [9.17, 15) is 4.39 Å². The zero-order valence-corrected chi connectivity index (χ0v) is 9.64. The van der Waals surface area contributed by atoms with Crippen molar-refractivity contribution in [3.63, 3.8) is 0 Å². The second kappa shape index (κ2) is 5.92. The topological polar surface area (TPSA) is 73.1 Å². The minimum Gasteiger partial charge on any atom is -0.454 e. The lowest BCUT2D eigenvalue weighted by molar-refractivity contribution is 0.475. The van der Waals surface area contributed by atoms with Crippen LogP contribution in [0.3, 0.4) is 0 Å². The second-order valence-electron chi connectivity index (χ2n) is 3.51. The largest absolute Gasteiger partial charge is 0.454 e. The van der Waals surface area contributed by atoms with Crippen molar-refractivity contribution in [1.29, 1.82) is 0 Å². The second-order valence-corrected chi connectivity index (χ2v) is 3.51. The molecule has 0 saturated heterocycles. The Morgan fingerprint density at radius 1 is 1.11 bits per heavy atom. The molecule has 0 bridgehead atoms. The van der Waals surface area contributed by atoms with Crippen LogP contribution >= 0.6 is 0 Å². The zero-order chi connectivity index (χ0) is 12.8. The van der Waals surface area contributed by atoms with Gasteiger partial charge in [-0.3, -0.25) is 0 Å². The summed E-state index contributed by atoms with van der Waals surface area (Å²) >= 11 is 0. The summed E-state index contributed by atoms with van der Waals surface area (Å²) in [7, 11) is 0. The van der Waals surface area contributed by atoms with Gasteiger partial charge < -0.3 is 15.8 Å². The molecule has 0 atom stereocenters. The molecule has 3 N–H and O–H groups in total. The molecule has 2 aromatic rings. The average Bonchev–Trinajstić information content (AvgIpc) is 2.41. The summed E-state index contributed by atoms with van der Waals surface area (Å²) in [6, 6.07) is 5.73. The van der Waals surface area contributed by atoms with E-state index in [1.165, 1.54) is 36.7 Å². The number of nitrogens with one attached hydrogen (secondary N) is 1. The Kier molecular flexibility index (Phi) is 4.03. The predicted molar refractivity (Wildman–Crippen MR) is 66.1 cm³/mol. The molecule has 6 heteroatoms. The molecule has 1 heterocycles. The molecule has 1 aromatic heterocycles. The highest BCUT2D eigenvalue weighted by molar-refractivity contribution is 5.31. The summed E-state index contributed by atoms with van der Waals surface area (Å²) in [6.07, 6.45) is 3.07. The van der Waals surface area contributed by atoms with Crippen LogP contribution in [0.1, 0.15) is 0 Å². The van der Waals surface area contributed by atoms with E-state index in [4.69, 9.17) is 10.5 Å². The number of hydrogen-bond donors (Lipinski definition) is 2. The lowest BCUT2D eigenvalue weighted by atomic mass is 10.3. The fourth-order valence-corrected chi connectivity index (χ4v) is 1.28. The minimum absolute atomic E-state index is 0.306. The van der Waals surface area contributed by atoms with Gasteiger partial charge in [0.1, 0.15) is 11.6 Å². The van der Waals surface area contributed by atoms with Crippen LogP contribution in [0.4, 0.5) is 10.3 Å². The van der Waals surface area contributed by atoms with Gasteiger partial charge in [0.05, 0.1) is 12.4 Å². The standard InChI is InChI=1S/C12H13FN4O/c13-9-1-3-10(4-2-9)18-11-7-16-12(17-8-11)15-6-5-14/h1-4,7-8H,5-6,14H2,(H,15,16,17). The van der Waals surface area contributed by atoms with Crippen LogP contribution in [0.2, 0.25) is 0 Å². The summed E-state index contributed by atoms with van der Waals surface area (Å²) < 4.78 is 18.1. The van der Waals surface area contributed by atoms with Crippen molar-refractivity contribution in [2.75, 3.05) is 18.4 Å². The number of halogens is 1. The Morgan fingerprint density at radius 3 is 2.39 bits per heavy atom. The van der Waals surface area contributed by atoms with E-state index in [1.807, 2.05) is 0 Å². The van der Waals surface area contributed by atoms with Crippen molar-refractivity contribution < 1.29 is 9.13 Å². The van der Waals surface area contributed by atoms with Crippen molar-refractivity contribution in [2.24, 2.45) is 5.73 Å². The SMILES string of the molecule is NCCNc1ncc(Oc2ccc(F)cc2)cn1. The molecular weight excluding hydrogens is 235 g/mol. The molecular formula is C12H13FN4O. The monoisotopic (exact) mass is 248 g/mol. The van der Waals surface area contributed by atoms with Crippen molar-refractivity contribution in [3.05, 3.63) is 42.5 Å². The van der Waals surface area contributed by atoms with Crippen molar-refractivity contribution in [1.82, 2.24) is 9.97 Å². The van der Waals surface area contributed by atoms with Gasteiger partial charge in [-0.05, 0) is 24.3 Å². The summed E-state index contributed by atoms with van der Waals surface area (Å²) in [5.74, 6) is 1.20. The van der Waals surface area contributed by atoms with Crippen molar-refractivity contribution in [3.8, 4) is 11.5 Å². The first kappa shape index (κ1) is 12.3. The van der Waals surface area contributed by atoms with E-state index < -0.39 is 0 Å². The maximum absolute atomic E-state index is 12.7. The molecule has 94 valence electrons. The molecule has 0 fully saturated rings. The fourth-order valence-electron chi connectivity index (χ4n) is 1.28. The van der Waals surface area contributed by atoms with Crippen LogP contribution in [0.15, 0.2) is 36.7 Å². The molecule has 2 rings (SSSR count). The summed E-state index contributed by atoms with van der Waals surface area (Å²) in [4.78, 5) is 8.11. The molecule has 0 saturated carbocycles. The highest BCUT2D eigenvalue weighted by Gasteiger charge is 2.00. The quantitative estimate of drug-likeness (QED) is 0.843. The lowest BCUT2D eigenvalue weighted by Gasteiger charge is -2.06. The molecule has 5 nitrogen and oxygen atoms in total. The maximum atomic E-state index is 12.7. The Balaban J connectivity index is 1.99. The summed E-state index contributed by atoms with van der Waals surface area (Å²) in [6.45, 7) is 1.12. The van der Waals surface area contributed by atoms with Gasteiger partial charge in [0.25, 0.3) is 0 Å². The molecule has 0 aliphatic carbocycles. The van der Waals surface area contributed by atoms with Gasteiger partial charge in [0.2, 0.25) is 5.95 Å². The highest BCUT2D eigenvalue weighted by atomic mass is 19.1. The molecule has 1 aromatic carbocycles. The third-order valence-corrected chi connectivity index (χ3v) is 2.10. The van der Waals surface area contributed by atoms with Crippen LogP contribution < -0.4 is 15.8 Å². The van der Waals surface area contributed by atoms with Gasteiger partial charge in [-0.1, -0.05) is 0 Å². The van der Waals surface area contributed by atoms with Crippen LogP contribution in [0.5, 0.6) is 11.5 Å². The normalized spacial score (nSPS) is 10.1. The maximum Gasteiger partial charge on any atom is 0.222 e. The van der Waals surface area contributed by atoms with Gasteiger partial charge in [-0.15, -0.1) is 0 Å². The van der Waals surface area contributed by atoms with Crippen LogP contribution in [-0.4, -0.2) is 23.1 Å². The van der Waals surface area contributed by atoms with Crippen molar-refractivity contribution >= 4 is 5.95 Å². The number of nitrogens with two attached hydrogens (primary N) is 1. The lowest BCUT2D eigenvalue weighted by Crippen LogP contribution is -2.14. The van der Waals surface area contributed by atoms with Crippen LogP contribution in [0.25, 0.3) is 0 Å². The molecule has 0 aliphatic heterocycles. The first-order valence-corrected chi connectivity index (χ1v) is 5.47. The van der Waals surface area contributed by atoms with Gasteiger partial charge in [0.15, 0.2) is 5.75 Å². The smallest absolute Gasteiger partial charge is 0.222 e. The van der Waals surface area contributed by atoms with Gasteiger partial charge >= 0.3 is 0 Å². The number of nitrogens with zero attached hydrogens (tertiary/aromatic N) is 2. The fraction of sp³-hybridized carbons (Fsp3) is 0.167. The van der Waals surface area contributed by atoms with Crippen LogP contribution in [-0.2, 0) is 0 Å². The number of benzene rings is 1. The Bertz CT molecular complexity index is 486. The van der Waals surface area contributed by atoms with Gasteiger partial charge in [0, 0.05) is 13.1 Å².